The van der Waals surface area contributed by atoms with E-state index in [0.717, 1.165) is 31.9 Å². The molecule has 1 aliphatic rings. The quantitative estimate of drug-likeness (QED) is 0.840. The van der Waals surface area contributed by atoms with Crippen LogP contribution in [-0.2, 0) is 0 Å². The van der Waals surface area contributed by atoms with Gasteiger partial charge in [-0.25, -0.2) is 0 Å². The van der Waals surface area contributed by atoms with Crippen LogP contribution in [0.25, 0.3) is 0 Å². The molecule has 120 valence electrons. The lowest BCUT2D eigenvalue weighted by Crippen LogP contribution is -2.44. The highest BCUT2D eigenvalue weighted by molar-refractivity contribution is 5.92. The van der Waals surface area contributed by atoms with Crippen LogP contribution in [0.4, 0.5) is 11.4 Å². The number of benzene rings is 1. The van der Waals surface area contributed by atoms with Crippen LogP contribution < -0.4 is 15.8 Å². The molecule has 1 amide bonds. The number of anilines is 2. The summed E-state index contributed by atoms with van der Waals surface area (Å²) in [7, 11) is 2.15. The van der Waals surface area contributed by atoms with Gasteiger partial charge >= 0.3 is 0 Å². The van der Waals surface area contributed by atoms with E-state index in [9.17, 15) is 4.79 Å². The molecule has 23 heavy (non-hydrogen) atoms. The van der Waals surface area contributed by atoms with Gasteiger partial charge in [-0.1, -0.05) is 6.07 Å². The molecule has 2 N–H and O–H groups in total. The molecule has 0 atom stereocenters. The van der Waals surface area contributed by atoms with Crippen molar-refractivity contribution in [2.45, 2.75) is 0 Å². The fourth-order valence-corrected chi connectivity index (χ4v) is 2.51. The van der Waals surface area contributed by atoms with E-state index in [2.05, 4.69) is 44.8 Å². The Kier molecular flexibility index (Phi) is 4.73. The predicted octanol–water partition coefficient (Wildman–Crippen LogP) is 1.59. The van der Waals surface area contributed by atoms with Crippen LogP contribution >= 0.6 is 0 Å². The highest BCUT2D eigenvalue weighted by atomic mass is 16.2. The Morgan fingerprint density at radius 1 is 1.04 bits per heavy atom. The van der Waals surface area contributed by atoms with Gasteiger partial charge in [0.2, 0.25) is 0 Å². The van der Waals surface area contributed by atoms with Crippen LogP contribution in [0.5, 0.6) is 0 Å². The zero-order chi connectivity index (χ0) is 16.1. The Hall–Kier alpha value is -2.60. The average molecular weight is 311 g/mol. The number of pyridine rings is 1. The molecule has 0 spiro atoms. The van der Waals surface area contributed by atoms with E-state index in [-0.39, 0.29) is 5.91 Å². The van der Waals surface area contributed by atoms with Crippen molar-refractivity contribution in [2.75, 3.05) is 43.6 Å². The smallest absolute Gasteiger partial charge is 0.288 e. The number of rotatable bonds is 4. The molecule has 1 saturated heterocycles. The molecule has 0 bridgehead atoms. The molecule has 6 heteroatoms. The van der Waals surface area contributed by atoms with Gasteiger partial charge in [0.15, 0.2) is 0 Å². The van der Waals surface area contributed by atoms with E-state index in [1.807, 2.05) is 12.1 Å². The Bertz CT molecular complexity index is 636. The molecule has 1 fully saturated rings. The largest absolute Gasteiger partial charge is 0.369 e. The summed E-state index contributed by atoms with van der Waals surface area (Å²) in [5.41, 5.74) is 7.99. The molecular formula is C17H21N5O. The SMILES string of the molecule is CN1CCN(c2ccc(NNC(=O)c3ccccn3)cc2)CC1. The maximum atomic E-state index is 11.9. The van der Waals surface area contributed by atoms with Crippen molar-refractivity contribution in [3.05, 3.63) is 54.4 Å². The Morgan fingerprint density at radius 2 is 1.78 bits per heavy atom. The maximum absolute atomic E-state index is 11.9. The first-order valence-electron chi connectivity index (χ1n) is 7.73. The topological polar surface area (TPSA) is 60.5 Å². The number of hydrogen-bond donors (Lipinski definition) is 2. The summed E-state index contributed by atoms with van der Waals surface area (Å²) in [6.07, 6.45) is 1.60. The Labute approximate surface area is 136 Å². The summed E-state index contributed by atoms with van der Waals surface area (Å²) in [5, 5.41) is 0. The lowest BCUT2D eigenvalue weighted by Gasteiger charge is -2.34. The van der Waals surface area contributed by atoms with Crippen molar-refractivity contribution in [3.8, 4) is 0 Å². The Morgan fingerprint density at radius 3 is 2.43 bits per heavy atom. The van der Waals surface area contributed by atoms with Gasteiger partial charge in [0, 0.05) is 38.1 Å². The van der Waals surface area contributed by atoms with E-state index in [1.165, 1.54) is 5.69 Å². The first-order chi connectivity index (χ1) is 11.2. The first kappa shape index (κ1) is 15.3. The lowest BCUT2D eigenvalue weighted by atomic mass is 10.2. The van der Waals surface area contributed by atoms with Gasteiger partial charge in [0.25, 0.3) is 5.91 Å². The van der Waals surface area contributed by atoms with Gasteiger partial charge in [-0.3, -0.25) is 20.6 Å². The number of amides is 1. The molecule has 1 aliphatic heterocycles. The van der Waals surface area contributed by atoms with E-state index in [0.29, 0.717) is 5.69 Å². The summed E-state index contributed by atoms with van der Waals surface area (Å²) in [5.74, 6) is -0.256. The minimum atomic E-state index is -0.256. The highest BCUT2D eigenvalue weighted by Crippen LogP contribution is 2.18. The molecule has 0 aliphatic carbocycles. The number of piperazine rings is 1. The second-order valence-corrected chi connectivity index (χ2v) is 5.63. The van der Waals surface area contributed by atoms with Gasteiger partial charge < -0.3 is 9.80 Å². The van der Waals surface area contributed by atoms with Crippen molar-refractivity contribution in [1.29, 1.82) is 0 Å². The van der Waals surface area contributed by atoms with Crippen molar-refractivity contribution < 1.29 is 4.79 Å². The molecule has 1 aromatic heterocycles. The summed E-state index contributed by atoms with van der Waals surface area (Å²) in [6, 6.07) is 13.3. The van der Waals surface area contributed by atoms with Crippen LogP contribution in [0.3, 0.4) is 0 Å². The van der Waals surface area contributed by atoms with Crippen LogP contribution in [0.1, 0.15) is 10.5 Å². The monoisotopic (exact) mass is 311 g/mol. The average Bonchev–Trinajstić information content (AvgIpc) is 2.61. The summed E-state index contributed by atoms with van der Waals surface area (Å²) >= 11 is 0. The van der Waals surface area contributed by atoms with Gasteiger partial charge in [-0.2, -0.15) is 0 Å². The van der Waals surface area contributed by atoms with E-state index < -0.39 is 0 Å². The highest BCUT2D eigenvalue weighted by Gasteiger charge is 2.14. The minimum absolute atomic E-state index is 0.256. The van der Waals surface area contributed by atoms with Crippen molar-refractivity contribution in [3.63, 3.8) is 0 Å². The molecule has 0 unspecified atom stereocenters. The van der Waals surface area contributed by atoms with Crippen molar-refractivity contribution in [2.24, 2.45) is 0 Å². The third-order valence-corrected chi connectivity index (χ3v) is 3.95. The van der Waals surface area contributed by atoms with E-state index >= 15 is 0 Å². The van der Waals surface area contributed by atoms with Gasteiger partial charge in [-0.05, 0) is 43.4 Å². The number of nitrogens with one attached hydrogen (secondary N) is 2. The molecule has 3 rings (SSSR count). The fraction of sp³-hybridized carbons (Fsp3) is 0.294. The number of hydrogen-bond acceptors (Lipinski definition) is 5. The standard InChI is InChI=1S/C17H21N5O/c1-21-10-12-22(13-11-21)15-7-5-14(6-8-15)19-20-17(23)16-4-2-3-9-18-16/h2-9,19H,10-13H2,1H3,(H,20,23). The summed E-state index contributed by atoms with van der Waals surface area (Å²) < 4.78 is 0. The second-order valence-electron chi connectivity index (χ2n) is 5.63. The predicted molar refractivity (Wildman–Crippen MR) is 91.5 cm³/mol. The Balaban J connectivity index is 1.54. The van der Waals surface area contributed by atoms with E-state index in [1.54, 1.807) is 24.4 Å². The molecule has 2 aromatic rings. The van der Waals surface area contributed by atoms with Crippen LogP contribution in [0.15, 0.2) is 48.7 Å². The molecule has 6 nitrogen and oxygen atoms in total. The molecule has 0 saturated carbocycles. The number of aromatic nitrogens is 1. The van der Waals surface area contributed by atoms with Gasteiger partial charge in [0.1, 0.15) is 5.69 Å². The molecule has 2 heterocycles. The fourth-order valence-electron chi connectivity index (χ4n) is 2.51. The number of likely N-dealkylation sites (N-methyl/N-ethyl adjacent to an activating group) is 1. The zero-order valence-corrected chi connectivity index (χ0v) is 13.2. The first-order valence-corrected chi connectivity index (χ1v) is 7.73. The lowest BCUT2D eigenvalue weighted by molar-refractivity contribution is 0.0958. The number of nitrogens with zero attached hydrogens (tertiary/aromatic N) is 3. The van der Waals surface area contributed by atoms with Crippen LogP contribution in [-0.4, -0.2) is 49.0 Å². The van der Waals surface area contributed by atoms with Crippen molar-refractivity contribution >= 4 is 17.3 Å². The van der Waals surface area contributed by atoms with Crippen molar-refractivity contribution in [1.82, 2.24) is 15.3 Å². The number of carbonyl (C=O) groups excluding carboxylic acids is 1. The zero-order valence-electron chi connectivity index (χ0n) is 13.2. The molecule has 1 aromatic carbocycles. The summed E-state index contributed by atoms with van der Waals surface area (Å²) in [4.78, 5) is 20.6. The third kappa shape index (κ3) is 3.98. The van der Waals surface area contributed by atoms with Gasteiger partial charge in [0.05, 0.1) is 5.69 Å². The van der Waals surface area contributed by atoms with Crippen LogP contribution in [0, 0.1) is 0 Å². The maximum Gasteiger partial charge on any atom is 0.288 e. The van der Waals surface area contributed by atoms with Gasteiger partial charge in [-0.15, -0.1) is 0 Å². The molecule has 0 radical (unpaired) electrons. The number of carbonyl (C=O) groups is 1. The third-order valence-electron chi connectivity index (χ3n) is 3.95. The summed E-state index contributed by atoms with van der Waals surface area (Å²) in [6.45, 7) is 4.25. The van der Waals surface area contributed by atoms with Crippen LogP contribution in [0.2, 0.25) is 0 Å². The minimum Gasteiger partial charge on any atom is -0.369 e. The second kappa shape index (κ2) is 7.11. The molecular weight excluding hydrogens is 290 g/mol. The number of hydrazine groups is 1. The van der Waals surface area contributed by atoms with E-state index in [4.69, 9.17) is 0 Å². The normalized spacial score (nSPS) is 15.3.